The molecule has 0 aliphatic carbocycles. The first-order chi connectivity index (χ1) is 10.1. The van der Waals surface area contributed by atoms with Crippen molar-refractivity contribution >= 4 is 54.5 Å². The van der Waals surface area contributed by atoms with Gasteiger partial charge in [-0.25, -0.2) is 0 Å². The van der Waals surface area contributed by atoms with Crippen LogP contribution in [0.15, 0.2) is 27.3 Å². The predicted molar refractivity (Wildman–Crippen MR) is 85.2 cm³/mol. The molecule has 0 saturated carbocycles. The number of hydrogen-bond donors (Lipinski definition) is 1. The van der Waals surface area contributed by atoms with Gasteiger partial charge in [0.25, 0.3) is 0 Å². The summed E-state index contributed by atoms with van der Waals surface area (Å²) in [5.41, 5.74) is 0.508. The third kappa shape index (κ3) is 2.83. The molecular formula is C12H7Br2ClN4O2. The highest BCUT2D eigenvalue weighted by molar-refractivity contribution is 9.11. The van der Waals surface area contributed by atoms with E-state index in [1.165, 1.54) is 0 Å². The van der Waals surface area contributed by atoms with E-state index < -0.39 is 0 Å². The van der Waals surface area contributed by atoms with Gasteiger partial charge in [0.15, 0.2) is 5.65 Å². The first kappa shape index (κ1) is 14.6. The quantitative estimate of drug-likeness (QED) is 0.621. The van der Waals surface area contributed by atoms with Crippen LogP contribution in [-0.4, -0.2) is 27.3 Å². The highest BCUT2D eigenvalue weighted by Gasteiger charge is 2.14. The maximum absolute atomic E-state index is 5.87. The number of benzene rings is 1. The molecular weight excluding hydrogens is 427 g/mol. The van der Waals surface area contributed by atoms with Crippen LogP contribution < -0.4 is 9.47 Å². The van der Waals surface area contributed by atoms with Crippen LogP contribution in [0.2, 0.25) is 5.28 Å². The number of H-pyrrole nitrogens is 1. The van der Waals surface area contributed by atoms with Crippen molar-refractivity contribution in [2.45, 2.75) is 0 Å². The van der Waals surface area contributed by atoms with E-state index >= 15 is 0 Å². The molecule has 0 atom stereocenters. The topological polar surface area (TPSA) is 72.9 Å². The zero-order valence-electron chi connectivity index (χ0n) is 10.5. The minimum absolute atomic E-state index is 0.0745. The van der Waals surface area contributed by atoms with Gasteiger partial charge in [0.05, 0.1) is 22.3 Å². The lowest BCUT2D eigenvalue weighted by Crippen LogP contribution is -1.94. The summed E-state index contributed by atoms with van der Waals surface area (Å²) >= 11 is 12.7. The molecule has 0 amide bonds. The Morgan fingerprint density at radius 1 is 1.14 bits per heavy atom. The zero-order valence-corrected chi connectivity index (χ0v) is 14.5. The average Bonchev–Trinajstić information content (AvgIpc) is 2.90. The second-order valence-electron chi connectivity index (χ2n) is 3.95. The molecule has 2 heterocycles. The number of nitrogens with zero attached hydrogens (tertiary/aromatic N) is 3. The number of aromatic nitrogens is 4. The van der Waals surface area contributed by atoms with Gasteiger partial charge in [-0.3, -0.25) is 5.10 Å². The fourth-order valence-electron chi connectivity index (χ4n) is 1.71. The highest BCUT2D eigenvalue weighted by Crippen LogP contribution is 2.39. The molecule has 0 fully saturated rings. The Morgan fingerprint density at radius 3 is 2.62 bits per heavy atom. The molecule has 0 saturated heterocycles. The Kier molecular flexibility index (Phi) is 4.01. The van der Waals surface area contributed by atoms with Gasteiger partial charge in [-0.15, -0.1) is 0 Å². The van der Waals surface area contributed by atoms with Crippen LogP contribution in [0, 0.1) is 0 Å². The molecule has 3 aromatic rings. The molecule has 108 valence electrons. The maximum Gasteiger partial charge on any atom is 0.234 e. The van der Waals surface area contributed by atoms with Gasteiger partial charge < -0.3 is 9.47 Å². The van der Waals surface area contributed by atoms with Crippen LogP contribution in [-0.2, 0) is 0 Å². The van der Waals surface area contributed by atoms with E-state index in [-0.39, 0.29) is 5.28 Å². The minimum atomic E-state index is 0.0745. The Bertz CT molecular complexity index is 824. The molecule has 0 unspecified atom stereocenters. The second kappa shape index (κ2) is 5.78. The summed E-state index contributed by atoms with van der Waals surface area (Å²) in [5, 5.41) is 7.34. The summed E-state index contributed by atoms with van der Waals surface area (Å²) in [7, 11) is 1.59. The third-order valence-electron chi connectivity index (χ3n) is 2.66. The van der Waals surface area contributed by atoms with Crippen LogP contribution in [0.4, 0.5) is 0 Å². The molecule has 2 aromatic heterocycles. The Hall–Kier alpha value is -1.38. The number of halogens is 3. The summed E-state index contributed by atoms with van der Waals surface area (Å²) in [6, 6.07) is 3.56. The predicted octanol–water partition coefficient (Wildman–Crippen LogP) is 4.33. The first-order valence-electron chi connectivity index (χ1n) is 5.66. The molecule has 0 radical (unpaired) electrons. The smallest absolute Gasteiger partial charge is 0.234 e. The zero-order chi connectivity index (χ0) is 15.0. The average molecular weight is 434 g/mol. The third-order valence-corrected chi connectivity index (χ3v) is 4.07. The van der Waals surface area contributed by atoms with Crippen LogP contribution in [0.25, 0.3) is 11.0 Å². The molecule has 0 aliphatic rings. The Balaban J connectivity index is 2.06. The van der Waals surface area contributed by atoms with Crippen LogP contribution in [0.5, 0.6) is 17.4 Å². The Labute approximate surface area is 141 Å². The summed E-state index contributed by atoms with van der Waals surface area (Å²) < 4.78 is 12.5. The number of hydrogen-bond acceptors (Lipinski definition) is 5. The number of aromatic amines is 1. The van der Waals surface area contributed by atoms with Gasteiger partial charge in [-0.1, -0.05) is 0 Å². The lowest BCUT2D eigenvalue weighted by atomic mass is 10.3. The van der Waals surface area contributed by atoms with Gasteiger partial charge >= 0.3 is 0 Å². The largest absolute Gasteiger partial charge is 0.496 e. The van der Waals surface area contributed by atoms with E-state index in [2.05, 4.69) is 52.0 Å². The van der Waals surface area contributed by atoms with Crippen LogP contribution in [0.3, 0.4) is 0 Å². The molecule has 0 aliphatic heterocycles. The van der Waals surface area contributed by atoms with E-state index in [1.807, 2.05) is 0 Å². The fourth-order valence-corrected chi connectivity index (χ4v) is 2.76. The summed E-state index contributed by atoms with van der Waals surface area (Å²) in [5.74, 6) is 1.56. The summed E-state index contributed by atoms with van der Waals surface area (Å²) in [6.07, 6.45) is 1.58. The van der Waals surface area contributed by atoms with E-state index in [1.54, 1.807) is 25.4 Å². The van der Waals surface area contributed by atoms with E-state index in [4.69, 9.17) is 21.1 Å². The monoisotopic (exact) mass is 432 g/mol. The van der Waals surface area contributed by atoms with Crippen molar-refractivity contribution < 1.29 is 9.47 Å². The van der Waals surface area contributed by atoms with E-state index in [0.29, 0.717) is 32.9 Å². The van der Waals surface area contributed by atoms with Crippen molar-refractivity contribution in [3.05, 3.63) is 32.6 Å². The molecule has 21 heavy (non-hydrogen) atoms. The van der Waals surface area contributed by atoms with Crippen molar-refractivity contribution in [1.82, 2.24) is 20.2 Å². The number of rotatable bonds is 3. The molecule has 6 nitrogen and oxygen atoms in total. The highest BCUT2D eigenvalue weighted by atomic mass is 79.9. The van der Waals surface area contributed by atoms with Gasteiger partial charge in [0, 0.05) is 0 Å². The Morgan fingerprint density at radius 2 is 1.86 bits per heavy atom. The normalized spacial score (nSPS) is 10.9. The molecule has 9 heteroatoms. The standard InChI is InChI=1S/C12H7Br2ClN4O2/c1-20-8-2-7(14)9(3-6(8)13)21-11-5-4-16-19-10(5)17-12(15)18-11/h2-4H,1H3,(H,16,17,18,19). The summed E-state index contributed by atoms with van der Waals surface area (Å²) in [4.78, 5) is 8.11. The SMILES string of the molecule is COc1cc(Br)c(Oc2nc(Cl)nc3[nH]ncc23)cc1Br. The van der Waals surface area contributed by atoms with Crippen molar-refractivity contribution in [1.29, 1.82) is 0 Å². The second-order valence-corrected chi connectivity index (χ2v) is 6.00. The van der Waals surface area contributed by atoms with Crippen molar-refractivity contribution in [3.63, 3.8) is 0 Å². The molecule has 0 spiro atoms. The number of fused-ring (bicyclic) bond motifs is 1. The maximum atomic E-state index is 5.87. The van der Waals surface area contributed by atoms with Crippen molar-refractivity contribution in [3.8, 4) is 17.4 Å². The van der Waals surface area contributed by atoms with Crippen molar-refractivity contribution in [2.24, 2.45) is 0 Å². The molecule has 1 N–H and O–H groups in total. The van der Waals surface area contributed by atoms with Gasteiger partial charge in [-0.05, 0) is 55.6 Å². The lowest BCUT2D eigenvalue weighted by Gasteiger charge is -2.10. The van der Waals surface area contributed by atoms with Gasteiger partial charge in [-0.2, -0.15) is 15.1 Å². The first-order valence-corrected chi connectivity index (χ1v) is 7.62. The molecule has 3 rings (SSSR count). The lowest BCUT2D eigenvalue weighted by molar-refractivity contribution is 0.409. The molecule has 1 aromatic carbocycles. The van der Waals surface area contributed by atoms with Crippen LogP contribution in [0.1, 0.15) is 0 Å². The minimum Gasteiger partial charge on any atom is -0.496 e. The van der Waals surface area contributed by atoms with Gasteiger partial charge in [0.2, 0.25) is 11.2 Å². The number of ether oxygens (including phenoxy) is 2. The van der Waals surface area contributed by atoms with E-state index in [0.717, 1.165) is 4.47 Å². The summed E-state index contributed by atoms with van der Waals surface area (Å²) in [6.45, 7) is 0. The van der Waals surface area contributed by atoms with Crippen LogP contribution >= 0.6 is 43.5 Å². The van der Waals surface area contributed by atoms with Crippen molar-refractivity contribution in [2.75, 3.05) is 7.11 Å². The van der Waals surface area contributed by atoms with E-state index in [9.17, 15) is 0 Å². The number of nitrogens with one attached hydrogen (secondary N) is 1. The van der Waals surface area contributed by atoms with Gasteiger partial charge in [0.1, 0.15) is 16.9 Å². The fraction of sp³-hybridized carbons (Fsp3) is 0.0833. The molecule has 0 bridgehead atoms. The number of methoxy groups -OCH3 is 1.